The molecular formula is C13H17N3O. The van der Waals surface area contributed by atoms with Crippen molar-refractivity contribution in [1.29, 1.82) is 0 Å². The molecule has 4 nitrogen and oxygen atoms in total. The third-order valence-electron chi connectivity index (χ3n) is 3.62. The van der Waals surface area contributed by atoms with Crippen LogP contribution in [0, 0.1) is 6.92 Å². The van der Waals surface area contributed by atoms with Gasteiger partial charge in [0.05, 0.1) is 6.04 Å². The minimum absolute atomic E-state index is 0.0306. The highest BCUT2D eigenvalue weighted by atomic mass is 16.2. The molecule has 0 bridgehead atoms. The summed E-state index contributed by atoms with van der Waals surface area (Å²) in [6.45, 7) is 1.96. The van der Waals surface area contributed by atoms with Gasteiger partial charge in [-0.1, -0.05) is 6.07 Å². The maximum atomic E-state index is 11.9. The zero-order valence-electron chi connectivity index (χ0n) is 9.97. The van der Waals surface area contributed by atoms with E-state index in [1.807, 2.05) is 30.2 Å². The molecule has 1 aliphatic heterocycles. The van der Waals surface area contributed by atoms with Gasteiger partial charge in [0.1, 0.15) is 0 Å². The smallest absolute Gasteiger partial charge is 0.225 e. The van der Waals surface area contributed by atoms with E-state index in [-0.39, 0.29) is 18.0 Å². The first-order chi connectivity index (χ1) is 8.16. The molecule has 2 heterocycles. The van der Waals surface area contributed by atoms with Crippen molar-refractivity contribution in [1.82, 2.24) is 9.88 Å². The highest BCUT2D eigenvalue weighted by molar-refractivity contribution is 5.81. The summed E-state index contributed by atoms with van der Waals surface area (Å²) < 4.78 is 0. The third kappa shape index (κ3) is 1.82. The molecule has 2 atom stereocenters. The van der Waals surface area contributed by atoms with Gasteiger partial charge in [-0.3, -0.25) is 9.78 Å². The van der Waals surface area contributed by atoms with E-state index < -0.39 is 0 Å². The summed E-state index contributed by atoms with van der Waals surface area (Å²) in [7, 11) is 0. The van der Waals surface area contributed by atoms with Gasteiger partial charge in [0, 0.05) is 30.4 Å². The van der Waals surface area contributed by atoms with Crippen molar-refractivity contribution < 1.29 is 4.79 Å². The molecule has 17 heavy (non-hydrogen) atoms. The standard InChI is InChI=1S/C13H17N3O/c1-8-2-3-9(7-15-8)13-11(14)6-12(17)16(13)10-4-5-10/h2-3,7,10-11,13H,4-6,14H2,1H3. The molecule has 1 saturated carbocycles. The van der Waals surface area contributed by atoms with Crippen LogP contribution in [-0.4, -0.2) is 27.9 Å². The van der Waals surface area contributed by atoms with Crippen LogP contribution in [0.2, 0.25) is 0 Å². The number of aromatic nitrogens is 1. The van der Waals surface area contributed by atoms with Gasteiger partial charge in [-0.15, -0.1) is 0 Å². The Morgan fingerprint density at radius 2 is 2.18 bits per heavy atom. The van der Waals surface area contributed by atoms with Crippen molar-refractivity contribution in [2.75, 3.05) is 0 Å². The first kappa shape index (κ1) is 10.7. The van der Waals surface area contributed by atoms with E-state index in [2.05, 4.69) is 4.98 Å². The van der Waals surface area contributed by atoms with E-state index in [9.17, 15) is 4.79 Å². The molecule has 0 spiro atoms. The van der Waals surface area contributed by atoms with E-state index in [0.717, 1.165) is 24.1 Å². The summed E-state index contributed by atoms with van der Waals surface area (Å²) in [4.78, 5) is 18.2. The Hall–Kier alpha value is -1.42. The lowest BCUT2D eigenvalue weighted by Crippen LogP contribution is -2.34. The average molecular weight is 231 g/mol. The Bertz CT molecular complexity index is 438. The zero-order chi connectivity index (χ0) is 12.0. The van der Waals surface area contributed by atoms with Crippen LogP contribution in [0.3, 0.4) is 0 Å². The van der Waals surface area contributed by atoms with Crippen molar-refractivity contribution in [3.8, 4) is 0 Å². The molecule has 1 amide bonds. The number of amides is 1. The number of likely N-dealkylation sites (tertiary alicyclic amines) is 1. The third-order valence-corrected chi connectivity index (χ3v) is 3.62. The number of hydrogen-bond donors (Lipinski definition) is 1. The molecule has 90 valence electrons. The van der Waals surface area contributed by atoms with E-state index in [1.165, 1.54) is 0 Å². The Labute approximate surface area is 101 Å². The van der Waals surface area contributed by atoms with Crippen molar-refractivity contribution in [2.45, 2.75) is 44.3 Å². The molecule has 2 fully saturated rings. The van der Waals surface area contributed by atoms with Gasteiger partial charge in [0.2, 0.25) is 5.91 Å². The molecule has 2 aliphatic rings. The maximum Gasteiger partial charge on any atom is 0.225 e. The second kappa shape index (κ2) is 3.81. The van der Waals surface area contributed by atoms with E-state index >= 15 is 0 Å². The van der Waals surface area contributed by atoms with Crippen molar-refractivity contribution in [2.24, 2.45) is 5.73 Å². The van der Waals surface area contributed by atoms with Crippen molar-refractivity contribution >= 4 is 5.91 Å². The molecule has 1 aliphatic carbocycles. The first-order valence-corrected chi connectivity index (χ1v) is 6.16. The predicted octanol–water partition coefficient (Wildman–Crippen LogP) is 1.15. The van der Waals surface area contributed by atoms with E-state index in [0.29, 0.717) is 12.5 Å². The van der Waals surface area contributed by atoms with Crippen LogP contribution < -0.4 is 5.73 Å². The number of nitrogens with two attached hydrogens (primary N) is 1. The Balaban J connectivity index is 1.93. The number of aryl methyl sites for hydroxylation is 1. The average Bonchev–Trinajstić information content (AvgIpc) is 3.07. The number of nitrogens with zero attached hydrogens (tertiary/aromatic N) is 2. The fourth-order valence-corrected chi connectivity index (χ4v) is 2.63. The SMILES string of the molecule is Cc1ccc(C2C(N)CC(=O)N2C2CC2)cn1. The van der Waals surface area contributed by atoms with Gasteiger partial charge in [0.25, 0.3) is 0 Å². The topological polar surface area (TPSA) is 59.2 Å². The highest BCUT2D eigenvalue weighted by Crippen LogP contribution is 2.40. The van der Waals surface area contributed by atoms with Gasteiger partial charge in [-0.2, -0.15) is 0 Å². The Morgan fingerprint density at radius 1 is 1.41 bits per heavy atom. The van der Waals surface area contributed by atoms with Gasteiger partial charge in [0.15, 0.2) is 0 Å². The highest BCUT2D eigenvalue weighted by Gasteiger charge is 2.45. The van der Waals surface area contributed by atoms with E-state index in [4.69, 9.17) is 5.73 Å². The number of hydrogen-bond acceptors (Lipinski definition) is 3. The Kier molecular flexibility index (Phi) is 2.40. The minimum Gasteiger partial charge on any atom is -0.331 e. The minimum atomic E-state index is -0.0902. The molecule has 1 aromatic rings. The molecule has 3 rings (SSSR count). The quantitative estimate of drug-likeness (QED) is 0.830. The number of carbonyl (C=O) groups is 1. The van der Waals surface area contributed by atoms with Crippen LogP contribution in [0.15, 0.2) is 18.3 Å². The molecular weight excluding hydrogens is 214 g/mol. The summed E-state index contributed by atoms with van der Waals surface area (Å²) >= 11 is 0. The molecule has 1 saturated heterocycles. The lowest BCUT2D eigenvalue weighted by Gasteiger charge is -2.27. The fraction of sp³-hybridized carbons (Fsp3) is 0.538. The monoisotopic (exact) mass is 231 g/mol. The molecule has 4 heteroatoms. The van der Waals surface area contributed by atoms with Crippen LogP contribution in [-0.2, 0) is 4.79 Å². The summed E-state index contributed by atoms with van der Waals surface area (Å²) in [6.07, 6.45) is 4.56. The molecule has 1 aromatic heterocycles. The fourth-order valence-electron chi connectivity index (χ4n) is 2.63. The second-order valence-corrected chi connectivity index (χ2v) is 5.08. The maximum absolute atomic E-state index is 11.9. The van der Waals surface area contributed by atoms with Crippen LogP contribution in [0.1, 0.15) is 36.6 Å². The van der Waals surface area contributed by atoms with E-state index in [1.54, 1.807) is 0 Å². The molecule has 2 unspecified atom stereocenters. The summed E-state index contributed by atoms with van der Waals surface area (Å²) in [5.74, 6) is 0.200. The Morgan fingerprint density at radius 3 is 2.76 bits per heavy atom. The van der Waals surface area contributed by atoms with Crippen LogP contribution in [0.25, 0.3) is 0 Å². The summed E-state index contributed by atoms with van der Waals surface area (Å²) in [6, 6.07) is 4.38. The van der Waals surface area contributed by atoms with Gasteiger partial charge in [-0.25, -0.2) is 0 Å². The number of rotatable bonds is 2. The number of carbonyl (C=O) groups excluding carboxylic acids is 1. The summed E-state index contributed by atoms with van der Waals surface area (Å²) in [5.41, 5.74) is 8.17. The van der Waals surface area contributed by atoms with Crippen LogP contribution >= 0.6 is 0 Å². The number of pyridine rings is 1. The van der Waals surface area contributed by atoms with Crippen LogP contribution in [0.4, 0.5) is 0 Å². The molecule has 2 N–H and O–H groups in total. The predicted molar refractivity (Wildman–Crippen MR) is 64.2 cm³/mol. The lowest BCUT2D eigenvalue weighted by atomic mass is 10.0. The van der Waals surface area contributed by atoms with Gasteiger partial charge in [-0.05, 0) is 31.4 Å². The van der Waals surface area contributed by atoms with Crippen molar-refractivity contribution in [3.05, 3.63) is 29.6 Å². The zero-order valence-corrected chi connectivity index (χ0v) is 9.97. The molecule has 0 radical (unpaired) electrons. The first-order valence-electron chi connectivity index (χ1n) is 6.16. The molecule has 0 aromatic carbocycles. The summed E-state index contributed by atoms with van der Waals surface area (Å²) in [5, 5.41) is 0. The van der Waals surface area contributed by atoms with Gasteiger partial charge >= 0.3 is 0 Å². The largest absolute Gasteiger partial charge is 0.331 e. The lowest BCUT2D eigenvalue weighted by molar-refractivity contribution is -0.129. The van der Waals surface area contributed by atoms with Crippen LogP contribution in [0.5, 0.6) is 0 Å². The normalized spacial score (nSPS) is 28.8. The second-order valence-electron chi connectivity index (χ2n) is 5.08. The van der Waals surface area contributed by atoms with Gasteiger partial charge < -0.3 is 10.6 Å². The van der Waals surface area contributed by atoms with Crippen molar-refractivity contribution in [3.63, 3.8) is 0 Å².